The fourth-order valence-electron chi connectivity index (χ4n) is 3.53. The molecule has 0 atom stereocenters. The fourth-order valence-corrected chi connectivity index (χ4v) is 3.53. The molecule has 0 saturated heterocycles. The van der Waals surface area contributed by atoms with Crippen LogP contribution >= 0.6 is 24.0 Å². The van der Waals surface area contributed by atoms with Crippen molar-refractivity contribution in [2.24, 2.45) is 4.99 Å². The van der Waals surface area contributed by atoms with Gasteiger partial charge in [0.15, 0.2) is 17.5 Å². The topological polar surface area (TPSA) is 75.2 Å². The monoisotopic (exact) mass is 566 g/mol. The average molecular weight is 566 g/mol. The van der Waals surface area contributed by atoms with Crippen LogP contribution in [-0.2, 0) is 11.8 Å². The van der Waals surface area contributed by atoms with Gasteiger partial charge in [-0.05, 0) is 41.8 Å². The minimum Gasteiger partial charge on any atom is -0.486 e. The van der Waals surface area contributed by atoms with E-state index in [9.17, 15) is 4.79 Å². The van der Waals surface area contributed by atoms with Crippen molar-refractivity contribution in [3.63, 3.8) is 0 Å². The quantitative estimate of drug-likeness (QED) is 0.305. The number of guanidine groups is 1. The molecular weight excluding hydrogens is 531 g/mol. The average Bonchev–Trinajstić information content (AvgIpc) is 2.80. The van der Waals surface area contributed by atoms with E-state index in [1.54, 1.807) is 26.0 Å². The number of nitrogens with one attached hydrogen (secondary N) is 2. The molecular formula is C25H35IN4O3. The van der Waals surface area contributed by atoms with E-state index < -0.39 is 0 Å². The molecule has 1 aliphatic heterocycles. The molecule has 7 nitrogen and oxygen atoms in total. The first-order chi connectivity index (χ1) is 15.3. The number of rotatable bonds is 7. The summed E-state index contributed by atoms with van der Waals surface area (Å²) < 4.78 is 11.4. The Morgan fingerprint density at radius 3 is 2.48 bits per heavy atom. The molecule has 1 heterocycles. The van der Waals surface area contributed by atoms with Crippen LogP contribution in [0.1, 0.15) is 35.3 Å². The van der Waals surface area contributed by atoms with E-state index in [2.05, 4.69) is 41.6 Å². The molecule has 1 amide bonds. The first kappa shape index (κ1) is 26.8. The van der Waals surface area contributed by atoms with Crippen molar-refractivity contribution in [3.8, 4) is 11.5 Å². The van der Waals surface area contributed by atoms with Gasteiger partial charge in [-0.3, -0.25) is 9.79 Å². The normalized spacial score (nSPS) is 13.1. The molecule has 3 rings (SSSR count). The van der Waals surface area contributed by atoms with Gasteiger partial charge in [0.25, 0.3) is 5.91 Å². The van der Waals surface area contributed by atoms with Crippen molar-refractivity contribution >= 4 is 35.8 Å². The Labute approximate surface area is 214 Å². The van der Waals surface area contributed by atoms with Gasteiger partial charge in [0.1, 0.15) is 13.2 Å². The Morgan fingerprint density at radius 2 is 1.79 bits per heavy atom. The van der Waals surface area contributed by atoms with E-state index >= 15 is 0 Å². The lowest BCUT2D eigenvalue weighted by atomic mass is 9.84. The number of ether oxygens (including phenoxy) is 2. The summed E-state index contributed by atoms with van der Waals surface area (Å²) in [6.07, 6.45) is 0.792. The van der Waals surface area contributed by atoms with Gasteiger partial charge in [-0.2, -0.15) is 0 Å². The van der Waals surface area contributed by atoms with Crippen molar-refractivity contribution in [2.45, 2.75) is 25.7 Å². The molecule has 2 aromatic rings. The van der Waals surface area contributed by atoms with Crippen LogP contribution in [0.3, 0.4) is 0 Å². The highest BCUT2D eigenvalue weighted by atomic mass is 127. The van der Waals surface area contributed by atoms with Crippen LogP contribution in [0.4, 0.5) is 0 Å². The Kier molecular flexibility index (Phi) is 9.82. The van der Waals surface area contributed by atoms with E-state index in [0.717, 1.165) is 29.4 Å². The second-order valence-corrected chi connectivity index (χ2v) is 8.74. The van der Waals surface area contributed by atoms with Crippen molar-refractivity contribution in [3.05, 3.63) is 59.2 Å². The van der Waals surface area contributed by atoms with Gasteiger partial charge in [0.05, 0.1) is 0 Å². The van der Waals surface area contributed by atoms with Crippen LogP contribution in [0.15, 0.2) is 47.5 Å². The number of nitrogens with zero attached hydrogens (tertiary/aromatic N) is 2. The molecule has 8 heteroatoms. The maximum atomic E-state index is 12.2. The second kappa shape index (κ2) is 12.1. The molecule has 0 aromatic heterocycles. The molecule has 2 N–H and O–H groups in total. The Hall–Kier alpha value is -2.49. The third-order valence-electron chi connectivity index (χ3n) is 5.53. The molecule has 180 valence electrons. The number of halogens is 1. The van der Waals surface area contributed by atoms with Gasteiger partial charge < -0.3 is 25.0 Å². The summed E-state index contributed by atoms with van der Waals surface area (Å²) in [5, 5.41) is 6.79. The first-order valence-electron chi connectivity index (χ1n) is 11.0. The van der Waals surface area contributed by atoms with Crippen molar-refractivity contribution in [2.75, 3.05) is 47.4 Å². The number of carbonyl (C=O) groups excluding carboxylic acids is 1. The smallest absolute Gasteiger partial charge is 0.253 e. The van der Waals surface area contributed by atoms with Crippen LogP contribution < -0.4 is 20.1 Å². The maximum Gasteiger partial charge on any atom is 0.253 e. The third-order valence-corrected chi connectivity index (χ3v) is 5.53. The van der Waals surface area contributed by atoms with Crippen LogP contribution in [0.25, 0.3) is 0 Å². The zero-order valence-corrected chi connectivity index (χ0v) is 22.4. The maximum absolute atomic E-state index is 12.2. The van der Waals surface area contributed by atoms with Gasteiger partial charge in [-0.1, -0.05) is 32.0 Å². The minimum absolute atomic E-state index is 0. The molecule has 0 spiro atoms. The molecule has 0 unspecified atom stereocenters. The summed E-state index contributed by atoms with van der Waals surface area (Å²) in [4.78, 5) is 18.1. The van der Waals surface area contributed by atoms with Crippen LogP contribution in [0, 0.1) is 0 Å². The van der Waals surface area contributed by atoms with E-state index in [4.69, 9.17) is 9.47 Å². The number of hydrogen-bond acceptors (Lipinski definition) is 4. The summed E-state index contributed by atoms with van der Waals surface area (Å²) in [6, 6.07) is 13.9. The highest BCUT2D eigenvalue weighted by molar-refractivity contribution is 14.0. The number of amides is 1. The SMILES string of the molecule is CN=C(NCCc1cccc(C(=O)N(C)C)c1)NCC(C)(C)c1ccc2c(c1)OCCO2.I. The predicted octanol–water partition coefficient (Wildman–Crippen LogP) is 3.46. The molecule has 0 saturated carbocycles. The molecule has 0 fully saturated rings. The Morgan fingerprint density at radius 1 is 1.06 bits per heavy atom. The highest BCUT2D eigenvalue weighted by Crippen LogP contribution is 2.34. The lowest BCUT2D eigenvalue weighted by molar-refractivity contribution is 0.0827. The zero-order valence-electron chi connectivity index (χ0n) is 20.1. The van der Waals surface area contributed by atoms with Gasteiger partial charge in [-0.15, -0.1) is 24.0 Å². The molecule has 1 aliphatic rings. The number of fused-ring (bicyclic) bond motifs is 1. The molecule has 0 radical (unpaired) electrons. The Bertz CT molecular complexity index is 976. The van der Waals surface area contributed by atoms with E-state index in [1.807, 2.05) is 30.3 Å². The minimum atomic E-state index is -0.131. The van der Waals surface area contributed by atoms with E-state index in [1.165, 1.54) is 5.56 Å². The second-order valence-electron chi connectivity index (χ2n) is 8.74. The summed E-state index contributed by atoms with van der Waals surface area (Å²) in [5.74, 6) is 2.37. The van der Waals surface area contributed by atoms with Crippen molar-refractivity contribution in [1.82, 2.24) is 15.5 Å². The fraction of sp³-hybridized carbons (Fsp3) is 0.440. The van der Waals surface area contributed by atoms with Crippen LogP contribution in [0.2, 0.25) is 0 Å². The van der Waals surface area contributed by atoms with Gasteiger partial charge in [0.2, 0.25) is 0 Å². The van der Waals surface area contributed by atoms with E-state index in [0.29, 0.717) is 31.9 Å². The summed E-state index contributed by atoms with van der Waals surface area (Å²) in [5.41, 5.74) is 2.86. The van der Waals surface area contributed by atoms with Gasteiger partial charge >= 0.3 is 0 Å². The predicted molar refractivity (Wildman–Crippen MR) is 143 cm³/mol. The van der Waals surface area contributed by atoms with Crippen LogP contribution in [0.5, 0.6) is 11.5 Å². The highest BCUT2D eigenvalue weighted by Gasteiger charge is 2.24. The first-order valence-corrected chi connectivity index (χ1v) is 11.0. The molecule has 33 heavy (non-hydrogen) atoms. The number of benzene rings is 2. The van der Waals surface area contributed by atoms with Crippen LogP contribution in [-0.4, -0.2) is 64.2 Å². The zero-order chi connectivity index (χ0) is 23.1. The lowest BCUT2D eigenvalue weighted by Crippen LogP contribution is -2.44. The van der Waals surface area contributed by atoms with Crippen molar-refractivity contribution < 1.29 is 14.3 Å². The Balaban J connectivity index is 0.00000385. The molecule has 0 bridgehead atoms. The van der Waals surface area contributed by atoms with Gasteiger partial charge in [-0.25, -0.2) is 0 Å². The van der Waals surface area contributed by atoms with E-state index in [-0.39, 0.29) is 35.3 Å². The number of carbonyl (C=O) groups is 1. The standard InChI is InChI=1S/C25H34N4O3.HI/c1-25(2,20-9-10-21-22(16-20)32-14-13-31-21)17-28-24(26-3)27-12-11-18-7-6-8-19(15-18)23(30)29(4)5;/h6-10,15-16H,11-14,17H2,1-5H3,(H2,26,27,28);1H. The largest absolute Gasteiger partial charge is 0.486 e. The number of hydrogen-bond donors (Lipinski definition) is 2. The third kappa shape index (κ3) is 7.25. The van der Waals surface area contributed by atoms with Gasteiger partial charge in [0, 0.05) is 45.2 Å². The lowest BCUT2D eigenvalue weighted by Gasteiger charge is -2.28. The summed E-state index contributed by atoms with van der Waals surface area (Å²) in [6.45, 7) is 6.97. The number of aliphatic imine (C=N–C) groups is 1. The summed E-state index contributed by atoms with van der Waals surface area (Å²) in [7, 11) is 5.29. The molecule has 0 aliphatic carbocycles. The summed E-state index contributed by atoms with van der Waals surface area (Å²) >= 11 is 0. The molecule has 2 aromatic carbocycles. The van der Waals surface area contributed by atoms with Crippen molar-refractivity contribution in [1.29, 1.82) is 0 Å².